The van der Waals surface area contributed by atoms with Crippen LogP contribution in [0.4, 0.5) is 0 Å². The zero-order chi connectivity index (χ0) is 16.6. The number of aromatic nitrogens is 2. The standard InChI is InChI=1S/C19H19ClN2O/c1-4-13(3)19(23)17-15-9-6-10-16(20)22(15)21-18(17)14-8-5-7-12(2)11-14/h4-11,19,23H,1-3H3. The topological polar surface area (TPSA) is 37.5 Å². The number of fused-ring (bicyclic) bond motifs is 1. The second-order valence-corrected chi connectivity index (χ2v) is 6.10. The first-order chi connectivity index (χ1) is 11.0. The number of rotatable bonds is 3. The van der Waals surface area contributed by atoms with E-state index in [1.165, 1.54) is 0 Å². The Morgan fingerprint density at radius 3 is 2.70 bits per heavy atom. The van der Waals surface area contributed by atoms with E-state index in [1.54, 1.807) is 10.6 Å². The van der Waals surface area contributed by atoms with Crippen molar-refractivity contribution in [3.63, 3.8) is 0 Å². The maximum absolute atomic E-state index is 10.8. The van der Waals surface area contributed by atoms with Crippen LogP contribution < -0.4 is 0 Å². The highest BCUT2D eigenvalue weighted by atomic mass is 35.5. The van der Waals surface area contributed by atoms with Gasteiger partial charge in [-0.05, 0) is 44.5 Å². The van der Waals surface area contributed by atoms with Crippen LogP contribution in [0.5, 0.6) is 0 Å². The monoisotopic (exact) mass is 326 g/mol. The van der Waals surface area contributed by atoms with E-state index in [1.807, 2.05) is 57.2 Å². The SMILES string of the molecule is CC=C(C)C(O)c1c(-c2cccc(C)c2)nn2c(Cl)cccc12. The highest BCUT2D eigenvalue weighted by Gasteiger charge is 2.23. The molecule has 1 atom stereocenters. The van der Waals surface area contributed by atoms with Gasteiger partial charge in [0.15, 0.2) is 0 Å². The molecule has 1 aromatic carbocycles. The summed E-state index contributed by atoms with van der Waals surface area (Å²) in [5.41, 5.74) is 5.37. The van der Waals surface area contributed by atoms with Crippen LogP contribution >= 0.6 is 11.6 Å². The summed E-state index contributed by atoms with van der Waals surface area (Å²) in [4.78, 5) is 0. The molecule has 0 fully saturated rings. The number of benzene rings is 1. The van der Waals surface area contributed by atoms with Crippen LogP contribution in [-0.2, 0) is 0 Å². The fourth-order valence-corrected chi connectivity index (χ4v) is 2.92. The summed E-state index contributed by atoms with van der Waals surface area (Å²) in [6.45, 7) is 5.88. The normalized spacial score (nSPS) is 13.5. The number of hydrogen-bond acceptors (Lipinski definition) is 2. The highest BCUT2D eigenvalue weighted by molar-refractivity contribution is 6.29. The van der Waals surface area contributed by atoms with Crippen molar-refractivity contribution in [3.05, 3.63) is 70.4 Å². The Morgan fingerprint density at radius 1 is 1.26 bits per heavy atom. The first-order valence-corrected chi connectivity index (χ1v) is 7.95. The van der Waals surface area contributed by atoms with Gasteiger partial charge >= 0.3 is 0 Å². The lowest BCUT2D eigenvalue weighted by atomic mass is 9.97. The van der Waals surface area contributed by atoms with Crippen molar-refractivity contribution in [2.24, 2.45) is 0 Å². The maximum atomic E-state index is 10.8. The van der Waals surface area contributed by atoms with Crippen molar-refractivity contribution in [2.75, 3.05) is 0 Å². The smallest absolute Gasteiger partial charge is 0.131 e. The van der Waals surface area contributed by atoms with E-state index >= 15 is 0 Å². The van der Waals surface area contributed by atoms with Crippen molar-refractivity contribution in [1.82, 2.24) is 9.61 Å². The van der Waals surface area contributed by atoms with Gasteiger partial charge in [0.2, 0.25) is 0 Å². The summed E-state index contributed by atoms with van der Waals surface area (Å²) in [6, 6.07) is 13.7. The lowest BCUT2D eigenvalue weighted by Gasteiger charge is -2.12. The highest BCUT2D eigenvalue weighted by Crippen LogP contribution is 2.35. The minimum atomic E-state index is -0.716. The Labute approximate surface area is 140 Å². The fourth-order valence-electron chi connectivity index (χ4n) is 2.72. The zero-order valence-electron chi connectivity index (χ0n) is 13.4. The van der Waals surface area contributed by atoms with Gasteiger partial charge in [0, 0.05) is 11.1 Å². The van der Waals surface area contributed by atoms with Crippen LogP contribution in [0.3, 0.4) is 0 Å². The largest absolute Gasteiger partial charge is 0.384 e. The van der Waals surface area contributed by atoms with Crippen LogP contribution in [0, 0.1) is 6.92 Å². The van der Waals surface area contributed by atoms with Crippen LogP contribution in [0.2, 0.25) is 5.15 Å². The minimum absolute atomic E-state index is 0.521. The van der Waals surface area contributed by atoms with Gasteiger partial charge in [-0.15, -0.1) is 0 Å². The molecular weight excluding hydrogens is 308 g/mol. The number of halogens is 1. The summed E-state index contributed by atoms with van der Waals surface area (Å²) in [6.07, 6.45) is 1.20. The Balaban J connectivity index is 2.34. The minimum Gasteiger partial charge on any atom is -0.384 e. The van der Waals surface area contributed by atoms with Gasteiger partial charge in [-0.2, -0.15) is 5.10 Å². The second kappa shape index (κ2) is 6.19. The molecule has 2 aromatic heterocycles. The number of aliphatic hydroxyl groups is 1. The van der Waals surface area contributed by atoms with Crippen LogP contribution in [-0.4, -0.2) is 14.7 Å². The molecule has 0 aliphatic carbocycles. The second-order valence-electron chi connectivity index (χ2n) is 5.71. The Kier molecular flexibility index (Phi) is 4.24. The third kappa shape index (κ3) is 2.78. The number of aryl methyl sites for hydroxylation is 1. The molecule has 0 radical (unpaired) electrons. The van der Waals surface area contributed by atoms with E-state index in [0.29, 0.717) is 5.15 Å². The summed E-state index contributed by atoms with van der Waals surface area (Å²) < 4.78 is 1.68. The summed E-state index contributed by atoms with van der Waals surface area (Å²) in [5, 5.41) is 16.0. The number of allylic oxidation sites excluding steroid dienone is 1. The molecule has 3 nitrogen and oxygen atoms in total. The fraction of sp³-hybridized carbons (Fsp3) is 0.211. The molecule has 3 aromatic rings. The first-order valence-electron chi connectivity index (χ1n) is 7.58. The molecule has 0 spiro atoms. The van der Waals surface area contributed by atoms with E-state index in [-0.39, 0.29) is 0 Å². The number of aliphatic hydroxyl groups excluding tert-OH is 1. The molecule has 0 amide bonds. The Bertz CT molecular complexity index is 896. The van der Waals surface area contributed by atoms with Gasteiger partial charge < -0.3 is 5.11 Å². The van der Waals surface area contributed by atoms with Crippen molar-refractivity contribution >= 4 is 17.1 Å². The van der Waals surface area contributed by atoms with Crippen molar-refractivity contribution < 1.29 is 5.11 Å². The average Bonchev–Trinajstić information content (AvgIpc) is 2.94. The predicted molar refractivity (Wildman–Crippen MR) is 94.8 cm³/mol. The average molecular weight is 327 g/mol. The number of hydrogen-bond donors (Lipinski definition) is 1. The van der Waals surface area contributed by atoms with Crippen LogP contribution in [0.25, 0.3) is 16.8 Å². The lowest BCUT2D eigenvalue weighted by Crippen LogP contribution is -2.00. The van der Waals surface area contributed by atoms with Gasteiger partial charge in [0.05, 0.1) is 11.2 Å². The molecule has 1 unspecified atom stereocenters. The quantitative estimate of drug-likeness (QED) is 0.545. The van der Waals surface area contributed by atoms with E-state index in [4.69, 9.17) is 11.6 Å². The van der Waals surface area contributed by atoms with Crippen molar-refractivity contribution in [1.29, 1.82) is 0 Å². The molecule has 0 aliphatic heterocycles. The van der Waals surface area contributed by atoms with E-state index < -0.39 is 6.10 Å². The summed E-state index contributed by atoms with van der Waals surface area (Å²) >= 11 is 6.28. The molecule has 23 heavy (non-hydrogen) atoms. The third-order valence-corrected chi connectivity index (χ3v) is 4.39. The van der Waals surface area contributed by atoms with Crippen LogP contribution in [0.1, 0.15) is 31.1 Å². The zero-order valence-corrected chi connectivity index (χ0v) is 14.2. The Hall–Kier alpha value is -2.10. The summed E-state index contributed by atoms with van der Waals surface area (Å²) in [7, 11) is 0. The summed E-state index contributed by atoms with van der Waals surface area (Å²) in [5.74, 6) is 0. The van der Waals surface area contributed by atoms with Gasteiger partial charge in [0.25, 0.3) is 0 Å². The molecule has 118 valence electrons. The van der Waals surface area contributed by atoms with Gasteiger partial charge in [0.1, 0.15) is 11.3 Å². The van der Waals surface area contributed by atoms with Crippen molar-refractivity contribution in [3.8, 4) is 11.3 Å². The molecule has 3 rings (SSSR count). The molecule has 2 heterocycles. The number of pyridine rings is 1. The van der Waals surface area contributed by atoms with Gasteiger partial charge in [-0.3, -0.25) is 0 Å². The van der Waals surface area contributed by atoms with E-state index in [0.717, 1.165) is 33.5 Å². The predicted octanol–water partition coefficient (Wildman–Crippen LogP) is 4.96. The molecular formula is C19H19ClN2O. The van der Waals surface area contributed by atoms with E-state index in [2.05, 4.69) is 11.2 Å². The third-order valence-electron chi connectivity index (χ3n) is 4.10. The number of nitrogens with zero attached hydrogens (tertiary/aromatic N) is 2. The lowest BCUT2D eigenvalue weighted by molar-refractivity contribution is 0.217. The molecule has 1 N–H and O–H groups in total. The van der Waals surface area contributed by atoms with Crippen molar-refractivity contribution in [2.45, 2.75) is 26.9 Å². The van der Waals surface area contributed by atoms with Crippen LogP contribution in [0.15, 0.2) is 54.1 Å². The molecule has 0 bridgehead atoms. The first kappa shape index (κ1) is 15.8. The molecule has 0 aliphatic rings. The van der Waals surface area contributed by atoms with E-state index in [9.17, 15) is 5.11 Å². The molecule has 4 heteroatoms. The molecule has 0 saturated heterocycles. The van der Waals surface area contributed by atoms with Gasteiger partial charge in [-0.1, -0.05) is 47.5 Å². The molecule has 0 saturated carbocycles. The Morgan fingerprint density at radius 2 is 2.00 bits per heavy atom. The van der Waals surface area contributed by atoms with Gasteiger partial charge in [-0.25, -0.2) is 4.52 Å². The maximum Gasteiger partial charge on any atom is 0.131 e.